The van der Waals surface area contributed by atoms with Gasteiger partial charge in [0.15, 0.2) is 0 Å². The van der Waals surface area contributed by atoms with Crippen LogP contribution < -0.4 is 5.32 Å². The van der Waals surface area contributed by atoms with Gasteiger partial charge in [-0.25, -0.2) is 4.79 Å². The van der Waals surface area contributed by atoms with E-state index in [-0.39, 0.29) is 18.5 Å². The first-order valence-electron chi connectivity index (χ1n) is 6.57. The van der Waals surface area contributed by atoms with Crippen molar-refractivity contribution in [2.45, 2.75) is 19.4 Å². The first-order chi connectivity index (χ1) is 9.04. The van der Waals surface area contributed by atoms with E-state index < -0.39 is 5.97 Å². The number of amides is 2. The van der Waals surface area contributed by atoms with Crippen LogP contribution in [0.5, 0.6) is 0 Å². The first kappa shape index (κ1) is 16.1. The number of carbonyl (C=O) groups excluding carboxylic acids is 1. The molecule has 0 radical (unpaired) electrons. The van der Waals surface area contributed by atoms with Gasteiger partial charge in [0.2, 0.25) is 0 Å². The number of likely N-dealkylation sites (N-methyl/N-ethyl adjacent to an activating group) is 1. The van der Waals surface area contributed by atoms with E-state index in [1.54, 1.807) is 16.7 Å². The molecule has 0 aromatic rings. The summed E-state index contributed by atoms with van der Waals surface area (Å²) in [7, 11) is 2.00. The molecule has 2 amide bonds. The Bertz CT molecular complexity index is 315. The van der Waals surface area contributed by atoms with Crippen LogP contribution in [-0.4, -0.2) is 77.7 Å². The summed E-state index contributed by atoms with van der Waals surface area (Å²) in [6.45, 7) is 5.02. The van der Waals surface area contributed by atoms with Crippen LogP contribution in [-0.2, 0) is 4.79 Å². The molecule has 7 heteroatoms. The quantitative estimate of drug-likeness (QED) is 0.746. The number of rotatable bonds is 6. The monoisotopic (exact) mass is 289 g/mol. The Morgan fingerprint density at radius 2 is 2.26 bits per heavy atom. The summed E-state index contributed by atoms with van der Waals surface area (Å²) < 4.78 is 0. The standard InChI is InChI=1S/C12H23N3O3S/c1-3-14(2)5-4-13-12(18)15-6-7-19-9-10(15)8-11(16)17/h10H,3-9H2,1-2H3,(H,13,18)(H,16,17). The van der Waals surface area contributed by atoms with Crippen LogP contribution in [0, 0.1) is 0 Å². The average Bonchev–Trinajstić information content (AvgIpc) is 2.38. The lowest BCUT2D eigenvalue weighted by atomic mass is 10.2. The molecule has 1 rings (SSSR count). The van der Waals surface area contributed by atoms with Crippen molar-refractivity contribution in [3.8, 4) is 0 Å². The molecular weight excluding hydrogens is 266 g/mol. The second kappa shape index (κ2) is 8.27. The van der Waals surface area contributed by atoms with E-state index in [4.69, 9.17) is 5.11 Å². The minimum absolute atomic E-state index is 0.0231. The molecule has 1 fully saturated rings. The maximum Gasteiger partial charge on any atom is 0.317 e. The van der Waals surface area contributed by atoms with Gasteiger partial charge in [-0.1, -0.05) is 6.92 Å². The van der Waals surface area contributed by atoms with E-state index in [1.807, 2.05) is 7.05 Å². The Morgan fingerprint density at radius 1 is 1.53 bits per heavy atom. The molecule has 1 aliphatic rings. The van der Waals surface area contributed by atoms with Gasteiger partial charge in [0, 0.05) is 31.1 Å². The van der Waals surface area contributed by atoms with Gasteiger partial charge in [-0.15, -0.1) is 0 Å². The lowest BCUT2D eigenvalue weighted by molar-refractivity contribution is -0.137. The summed E-state index contributed by atoms with van der Waals surface area (Å²) in [5, 5.41) is 11.7. The van der Waals surface area contributed by atoms with E-state index in [0.29, 0.717) is 18.8 Å². The third-order valence-corrected chi connectivity index (χ3v) is 4.30. The van der Waals surface area contributed by atoms with Gasteiger partial charge >= 0.3 is 12.0 Å². The molecule has 1 unspecified atom stereocenters. The molecule has 110 valence electrons. The zero-order valence-corrected chi connectivity index (χ0v) is 12.4. The number of nitrogens with one attached hydrogen (secondary N) is 1. The number of urea groups is 1. The third-order valence-electron chi connectivity index (χ3n) is 3.21. The van der Waals surface area contributed by atoms with E-state index in [0.717, 1.165) is 18.8 Å². The van der Waals surface area contributed by atoms with Gasteiger partial charge in [0.25, 0.3) is 0 Å². The number of aliphatic carboxylic acids is 1. The molecule has 1 saturated heterocycles. The SMILES string of the molecule is CCN(C)CCNC(=O)N1CCSCC1CC(=O)O. The van der Waals surface area contributed by atoms with Gasteiger partial charge < -0.3 is 20.2 Å². The summed E-state index contributed by atoms with van der Waals surface area (Å²) in [6, 6.07) is -0.337. The third kappa shape index (κ3) is 5.69. The molecule has 6 nitrogen and oxygen atoms in total. The van der Waals surface area contributed by atoms with Crippen molar-refractivity contribution < 1.29 is 14.7 Å². The summed E-state index contributed by atoms with van der Waals surface area (Å²) in [5.74, 6) is 0.725. The smallest absolute Gasteiger partial charge is 0.317 e. The normalized spacial score (nSPS) is 19.5. The fourth-order valence-electron chi connectivity index (χ4n) is 1.91. The highest BCUT2D eigenvalue weighted by Gasteiger charge is 2.28. The van der Waals surface area contributed by atoms with Crippen molar-refractivity contribution in [2.24, 2.45) is 0 Å². The van der Waals surface area contributed by atoms with E-state index in [9.17, 15) is 9.59 Å². The van der Waals surface area contributed by atoms with Gasteiger partial charge in [-0.2, -0.15) is 11.8 Å². The fourth-order valence-corrected chi connectivity index (χ4v) is 2.97. The molecular formula is C12H23N3O3S. The molecule has 0 aromatic heterocycles. The maximum atomic E-state index is 12.1. The lowest BCUT2D eigenvalue weighted by Crippen LogP contribution is -2.52. The topological polar surface area (TPSA) is 72.9 Å². The highest BCUT2D eigenvalue weighted by atomic mass is 32.2. The number of nitrogens with zero attached hydrogens (tertiary/aromatic N) is 2. The van der Waals surface area contributed by atoms with Crippen molar-refractivity contribution in [1.29, 1.82) is 0 Å². The molecule has 0 spiro atoms. The molecule has 1 heterocycles. The molecule has 1 atom stereocenters. The van der Waals surface area contributed by atoms with Crippen molar-refractivity contribution in [1.82, 2.24) is 15.1 Å². The van der Waals surface area contributed by atoms with Crippen LogP contribution in [0.3, 0.4) is 0 Å². The highest BCUT2D eigenvalue weighted by molar-refractivity contribution is 7.99. The van der Waals surface area contributed by atoms with Crippen LogP contribution in [0.2, 0.25) is 0 Å². The second-order valence-electron chi connectivity index (χ2n) is 4.65. The number of thioether (sulfide) groups is 1. The second-order valence-corrected chi connectivity index (χ2v) is 5.80. The van der Waals surface area contributed by atoms with Gasteiger partial charge in [0.1, 0.15) is 0 Å². The molecule has 0 aromatic carbocycles. The Balaban J connectivity index is 2.41. The molecule has 2 N–H and O–H groups in total. The van der Waals surface area contributed by atoms with Gasteiger partial charge in [-0.05, 0) is 13.6 Å². The minimum atomic E-state index is -0.851. The lowest BCUT2D eigenvalue weighted by Gasteiger charge is -2.34. The largest absolute Gasteiger partial charge is 0.481 e. The molecule has 0 saturated carbocycles. The molecule has 0 aliphatic carbocycles. The number of hydrogen-bond donors (Lipinski definition) is 2. The van der Waals surface area contributed by atoms with Crippen LogP contribution >= 0.6 is 11.8 Å². The van der Waals surface area contributed by atoms with Crippen molar-refractivity contribution in [3.63, 3.8) is 0 Å². The average molecular weight is 289 g/mol. The van der Waals surface area contributed by atoms with Crippen molar-refractivity contribution >= 4 is 23.8 Å². The number of carboxylic acid groups (broad SMARTS) is 1. The summed E-state index contributed by atoms with van der Waals surface area (Å²) in [5.41, 5.74) is 0. The zero-order valence-electron chi connectivity index (χ0n) is 11.6. The Labute approximate surface area is 118 Å². The van der Waals surface area contributed by atoms with E-state index in [2.05, 4.69) is 17.1 Å². The summed E-state index contributed by atoms with van der Waals surface area (Å²) >= 11 is 1.71. The van der Waals surface area contributed by atoms with Crippen molar-refractivity contribution in [2.75, 3.05) is 44.7 Å². The Hall–Kier alpha value is -0.950. The Morgan fingerprint density at radius 3 is 2.89 bits per heavy atom. The van der Waals surface area contributed by atoms with E-state index in [1.165, 1.54) is 0 Å². The van der Waals surface area contributed by atoms with Gasteiger partial charge in [-0.3, -0.25) is 4.79 Å². The van der Waals surface area contributed by atoms with E-state index >= 15 is 0 Å². The number of carboxylic acids is 1. The summed E-state index contributed by atoms with van der Waals surface area (Å²) in [4.78, 5) is 26.6. The van der Waals surface area contributed by atoms with Crippen LogP contribution in [0.15, 0.2) is 0 Å². The van der Waals surface area contributed by atoms with Crippen LogP contribution in [0.25, 0.3) is 0 Å². The maximum absolute atomic E-state index is 12.1. The summed E-state index contributed by atoms with van der Waals surface area (Å²) in [6.07, 6.45) is 0.0231. The fraction of sp³-hybridized carbons (Fsp3) is 0.833. The van der Waals surface area contributed by atoms with Crippen LogP contribution in [0.4, 0.5) is 4.79 Å². The van der Waals surface area contributed by atoms with Crippen LogP contribution in [0.1, 0.15) is 13.3 Å². The molecule has 19 heavy (non-hydrogen) atoms. The van der Waals surface area contributed by atoms with Gasteiger partial charge in [0.05, 0.1) is 12.5 Å². The van der Waals surface area contributed by atoms with Crippen molar-refractivity contribution in [3.05, 3.63) is 0 Å². The predicted molar refractivity (Wildman–Crippen MR) is 76.6 cm³/mol. The predicted octanol–water partition coefficient (Wildman–Crippen LogP) is 0.540. The first-order valence-corrected chi connectivity index (χ1v) is 7.72. The molecule has 1 aliphatic heterocycles. The number of hydrogen-bond acceptors (Lipinski definition) is 4. The molecule has 0 bridgehead atoms. The number of carbonyl (C=O) groups is 2. The highest BCUT2D eigenvalue weighted by Crippen LogP contribution is 2.18. The Kier molecular flexibility index (Phi) is 7.01. The zero-order chi connectivity index (χ0) is 14.3. The minimum Gasteiger partial charge on any atom is -0.481 e.